The molecule has 2 aliphatic heterocycles. The van der Waals surface area contributed by atoms with Gasteiger partial charge in [0.05, 0.1) is 0 Å². The third kappa shape index (κ3) is 2.72. The van der Waals surface area contributed by atoms with Crippen molar-refractivity contribution >= 4 is 0 Å². The number of nitrogens with one attached hydrogen (secondary N) is 1. The number of nitrogens with zero attached hydrogens (tertiary/aromatic N) is 2. The smallest absolute Gasteiger partial charge is 0.227 e. The molecule has 1 aromatic heterocycles. The molecule has 100 valence electrons. The van der Waals surface area contributed by atoms with E-state index in [0.717, 1.165) is 24.4 Å². The minimum absolute atomic E-state index is 0.456. The van der Waals surface area contributed by atoms with E-state index in [1.165, 1.54) is 25.7 Å². The zero-order valence-corrected chi connectivity index (χ0v) is 10.9. The van der Waals surface area contributed by atoms with Crippen molar-refractivity contribution < 1.29 is 9.26 Å². The minimum Gasteiger partial charge on any atom is -0.374 e. The number of hydrogen-bond acceptors (Lipinski definition) is 5. The lowest BCUT2D eigenvalue weighted by Gasteiger charge is -2.27. The summed E-state index contributed by atoms with van der Waals surface area (Å²) in [5, 5.41) is 7.60. The molecule has 2 atom stereocenters. The highest BCUT2D eigenvalue weighted by Gasteiger charge is 2.34. The van der Waals surface area contributed by atoms with E-state index in [9.17, 15) is 0 Å². The van der Waals surface area contributed by atoms with E-state index in [4.69, 9.17) is 9.26 Å². The summed E-state index contributed by atoms with van der Waals surface area (Å²) >= 11 is 0. The van der Waals surface area contributed by atoms with Gasteiger partial charge in [-0.2, -0.15) is 4.98 Å². The Morgan fingerprint density at radius 1 is 1.33 bits per heavy atom. The fourth-order valence-corrected chi connectivity index (χ4v) is 3.21. The fourth-order valence-electron chi connectivity index (χ4n) is 3.21. The SMILES string of the molecule is CCOCc1noc(CC2CC3CCC(C2)N3)n1. The average Bonchev–Trinajstić information content (AvgIpc) is 2.94. The van der Waals surface area contributed by atoms with Crippen molar-refractivity contribution in [2.45, 2.75) is 57.7 Å². The number of fused-ring (bicyclic) bond motifs is 2. The Kier molecular flexibility index (Phi) is 3.61. The number of ether oxygens (including phenoxy) is 1. The van der Waals surface area contributed by atoms with E-state index in [0.29, 0.717) is 25.0 Å². The van der Waals surface area contributed by atoms with Crippen LogP contribution >= 0.6 is 0 Å². The van der Waals surface area contributed by atoms with E-state index in [-0.39, 0.29) is 0 Å². The van der Waals surface area contributed by atoms with Gasteiger partial charge in [-0.25, -0.2) is 0 Å². The van der Waals surface area contributed by atoms with Crippen molar-refractivity contribution in [2.24, 2.45) is 5.92 Å². The Morgan fingerprint density at radius 2 is 2.11 bits per heavy atom. The maximum absolute atomic E-state index is 5.29. The van der Waals surface area contributed by atoms with Gasteiger partial charge in [-0.1, -0.05) is 5.16 Å². The van der Waals surface area contributed by atoms with Crippen molar-refractivity contribution in [1.82, 2.24) is 15.5 Å². The molecule has 18 heavy (non-hydrogen) atoms. The molecule has 2 saturated heterocycles. The molecule has 5 heteroatoms. The van der Waals surface area contributed by atoms with Gasteiger partial charge in [-0.15, -0.1) is 0 Å². The van der Waals surface area contributed by atoms with Gasteiger partial charge in [-0.05, 0) is 38.5 Å². The monoisotopic (exact) mass is 251 g/mol. The van der Waals surface area contributed by atoms with Crippen LogP contribution < -0.4 is 5.32 Å². The molecule has 2 unspecified atom stereocenters. The predicted molar refractivity (Wildman–Crippen MR) is 66.0 cm³/mol. The summed E-state index contributed by atoms with van der Waals surface area (Å²) < 4.78 is 10.6. The maximum atomic E-state index is 5.29. The number of hydrogen-bond donors (Lipinski definition) is 1. The Balaban J connectivity index is 1.54. The van der Waals surface area contributed by atoms with E-state index >= 15 is 0 Å². The van der Waals surface area contributed by atoms with Crippen LogP contribution in [0, 0.1) is 5.92 Å². The standard InChI is InChI=1S/C13H21N3O2/c1-2-17-8-12-15-13(18-16-12)7-9-5-10-3-4-11(6-9)14-10/h9-11,14H,2-8H2,1H3. The number of piperidine rings is 1. The molecule has 2 aliphatic rings. The molecule has 0 aromatic carbocycles. The lowest BCUT2D eigenvalue weighted by molar-refractivity contribution is 0.126. The van der Waals surface area contributed by atoms with Gasteiger partial charge in [-0.3, -0.25) is 0 Å². The third-order valence-electron chi connectivity index (χ3n) is 3.98. The minimum atomic E-state index is 0.456. The first-order valence-corrected chi connectivity index (χ1v) is 6.98. The van der Waals surface area contributed by atoms with Crippen LogP contribution in [-0.4, -0.2) is 28.8 Å². The highest BCUT2D eigenvalue weighted by molar-refractivity contribution is 4.95. The summed E-state index contributed by atoms with van der Waals surface area (Å²) in [5.74, 6) is 2.14. The first kappa shape index (κ1) is 12.1. The van der Waals surface area contributed by atoms with Crippen LogP contribution in [0.1, 0.15) is 44.3 Å². The Bertz CT molecular complexity index is 381. The van der Waals surface area contributed by atoms with Gasteiger partial charge < -0.3 is 14.6 Å². The van der Waals surface area contributed by atoms with Gasteiger partial charge >= 0.3 is 0 Å². The highest BCUT2D eigenvalue weighted by Crippen LogP contribution is 2.32. The lowest BCUT2D eigenvalue weighted by atomic mass is 9.90. The van der Waals surface area contributed by atoms with Crippen molar-refractivity contribution in [1.29, 1.82) is 0 Å². The highest BCUT2D eigenvalue weighted by atomic mass is 16.5. The topological polar surface area (TPSA) is 60.2 Å². The second kappa shape index (κ2) is 5.36. The first-order chi connectivity index (χ1) is 8.83. The molecule has 0 spiro atoms. The molecule has 5 nitrogen and oxygen atoms in total. The molecule has 1 aromatic rings. The second-order valence-electron chi connectivity index (χ2n) is 5.42. The Hall–Kier alpha value is -0.940. The Labute approximate surface area is 107 Å². The summed E-state index contributed by atoms with van der Waals surface area (Å²) in [6, 6.07) is 1.44. The summed E-state index contributed by atoms with van der Waals surface area (Å²) in [6.07, 6.45) is 6.09. The molecule has 3 rings (SSSR count). The zero-order valence-electron chi connectivity index (χ0n) is 10.9. The second-order valence-corrected chi connectivity index (χ2v) is 5.42. The fraction of sp³-hybridized carbons (Fsp3) is 0.846. The summed E-state index contributed by atoms with van der Waals surface area (Å²) in [6.45, 7) is 3.10. The van der Waals surface area contributed by atoms with E-state index in [2.05, 4.69) is 15.5 Å². The Morgan fingerprint density at radius 3 is 2.83 bits per heavy atom. The van der Waals surface area contributed by atoms with E-state index in [1.54, 1.807) is 0 Å². The van der Waals surface area contributed by atoms with Gasteiger partial charge in [0.1, 0.15) is 6.61 Å². The zero-order chi connectivity index (χ0) is 12.4. The van der Waals surface area contributed by atoms with Gasteiger partial charge in [0.25, 0.3) is 0 Å². The molecule has 2 bridgehead atoms. The third-order valence-corrected chi connectivity index (χ3v) is 3.98. The van der Waals surface area contributed by atoms with Crippen LogP contribution in [0.3, 0.4) is 0 Å². The first-order valence-electron chi connectivity index (χ1n) is 6.98. The molecule has 2 fully saturated rings. The van der Waals surface area contributed by atoms with Crippen molar-refractivity contribution in [3.63, 3.8) is 0 Å². The van der Waals surface area contributed by atoms with Crippen LogP contribution in [-0.2, 0) is 17.8 Å². The lowest BCUT2D eigenvalue weighted by Crippen LogP contribution is -2.38. The van der Waals surface area contributed by atoms with Gasteiger partial charge in [0.15, 0.2) is 5.82 Å². The molecule has 0 radical (unpaired) electrons. The van der Waals surface area contributed by atoms with Crippen molar-refractivity contribution in [3.8, 4) is 0 Å². The van der Waals surface area contributed by atoms with Crippen LogP contribution in [0.15, 0.2) is 4.52 Å². The van der Waals surface area contributed by atoms with Crippen LogP contribution in [0.25, 0.3) is 0 Å². The van der Waals surface area contributed by atoms with Gasteiger partial charge in [0.2, 0.25) is 5.89 Å². The summed E-state index contributed by atoms with van der Waals surface area (Å²) in [4.78, 5) is 4.39. The van der Waals surface area contributed by atoms with E-state index in [1.807, 2.05) is 6.92 Å². The molecule has 0 amide bonds. The maximum Gasteiger partial charge on any atom is 0.227 e. The predicted octanol–water partition coefficient (Wildman–Crippen LogP) is 1.68. The van der Waals surface area contributed by atoms with Crippen LogP contribution in [0.5, 0.6) is 0 Å². The normalized spacial score (nSPS) is 30.8. The molecular formula is C13H21N3O2. The molecule has 1 N–H and O–H groups in total. The molecular weight excluding hydrogens is 230 g/mol. The van der Waals surface area contributed by atoms with Crippen LogP contribution in [0.2, 0.25) is 0 Å². The number of rotatable bonds is 5. The molecule has 0 aliphatic carbocycles. The summed E-state index contributed by atoms with van der Waals surface area (Å²) in [7, 11) is 0. The average molecular weight is 251 g/mol. The largest absolute Gasteiger partial charge is 0.374 e. The van der Waals surface area contributed by atoms with Gasteiger partial charge in [0, 0.05) is 25.1 Å². The van der Waals surface area contributed by atoms with Crippen molar-refractivity contribution in [2.75, 3.05) is 6.61 Å². The number of aromatic nitrogens is 2. The summed E-state index contributed by atoms with van der Waals surface area (Å²) in [5.41, 5.74) is 0. The van der Waals surface area contributed by atoms with Crippen molar-refractivity contribution in [3.05, 3.63) is 11.7 Å². The van der Waals surface area contributed by atoms with Crippen LogP contribution in [0.4, 0.5) is 0 Å². The molecule has 0 saturated carbocycles. The quantitative estimate of drug-likeness (QED) is 0.862. The molecule has 3 heterocycles. The van der Waals surface area contributed by atoms with E-state index < -0.39 is 0 Å².